The third kappa shape index (κ3) is 3.72. The molecule has 0 aliphatic heterocycles. The van der Waals surface area contributed by atoms with Gasteiger partial charge in [-0.2, -0.15) is 0 Å². The summed E-state index contributed by atoms with van der Waals surface area (Å²) < 4.78 is 0. The van der Waals surface area contributed by atoms with Crippen LogP contribution in [0.5, 0.6) is 0 Å². The number of anilines is 2. The van der Waals surface area contributed by atoms with Crippen LogP contribution in [0.1, 0.15) is 24.0 Å². The van der Waals surface area contributed by atoms with Crippen molar-refractivity contribution in [3.8, 4) is 0 Å². The van der Waals surface area contributed by atoms with Crippen LogP contribution in [0.3, 0.4) is 0 Å². The zero-order chi connectivity index (χ0) is 16.9. The lowest BCUT2D eigenvalue weighted by molar-refractivity contribution is 1.07. The van der Waals surface area contributed by atoms with E-state index in [1.54, 1.807) is 0 Å². The number of allylic oxidation sites excluding steroid dienone is 4. The number of para-hydroxylation sites is 1. The van der Waals surface area contributed by atoms with Crippen molar-refractivity contribution in [3.63, 3.8) is 0 Å². The third-order valence-corrected chi connectivity index (χ3v) is 4.61. The van der Waals surface area contributed by atoms with Gasteiger partial charge in [0.2, 0.25) is 0 Å². The molecule has 0 spiro atoms. The summed E-state index contributed by atoms with van der Waals surface area (Å²) in [5, 5.41) is 3.43. The monoisotopic (exact) mass is 323 g/mol. The minimum atomic E-state index is 1.09. The molecule has 0 unspecified atom stereocenters. The summed E-state index contributed by atoms with van der Waals surface area (Å²) >= 11 is 0. The Morgan fingerprint density at radius 3 is 1.52 bits per heavy atom. The highest BCUT2D eigenvalue weighted by molar-refractivity contribution is 5.78. The Kier molecular flexibility index (Phi) is 4.47. The van der Waals surface area contributed by atoms with Crippen molar-refractivity contribution in [2.75, 3.05) is 5.32 Å². The van der Waals surface area contributed by atoms with Crippen LogP contribution in [0.15, 0.2) is 97.1 Å². The first-order valence-corrected chi connectivity index (χ1v) is 8.76. The summed E-state index contributed by atoms with van der Waals surface area (Å²) in [5.74, 6) is 0. The smallest absolute Gasteiger partial charge is 0.0384 e. The maximum Gasteiger partial charge on any atom is 0.0384 e. The number of nitrogens with one attached hydrogen (secondary N) is 1. The molecule has 1 aliphatic rings. The van der Waals surface area contributed by atoms with E-state index in [1.165, 1.54) is 22.3 Å². The van der Waals surface area contributed by atoms with Gasteiger partial charge in [0.1, 0.15) is 0 Å². The van der Waals surface area contributed by atoms with Gasteiger partial charge in [0.05, 0.1) is 0 Å². The summed E-state index contributed by atoms with van der Waals surface area (Å²) in [4.78, 5) is 0. The fraction of sp³-hybridized carbons (Fsp3) is 0.0833. The lowest BCUT2D eigenvalue weighted by Crippen LogP contribution is -1.94. The van der Waals surface area contributed by atoms with Gasteiger partial charge in [-0.25, -0.2) is 0 Å². The van der Waals surface area contributed by atoms with Gasteiger partial charge < -0.3 is 5.32 Å². The molecule has 1 heteroatoms. The van der Waals surface area contributed by atoms with Crippen LogP contribution in [0, 0.1) is 0 Å². The zero-order valence-electron chi connectivity index (χ0n) is 14.2. The SMILES string of the molecule is C1=C(c2ccccc2)CCC(c2ccc(Nc3ccccc3)cc2)=C1. The molecule has 0 saturated heterocycles. The molecule has 0 radical (unpaired) electrons. The summed E-state index contributed by atoms with van der Waals surface area (Å²) in [6.45, 7) is 0. The molecule has 1 aliphatic carbocycles. The van der Waals surface area contributed by atoms with E-state index in [-0.39, 0.29) is 0 Å². The van der Waals surface area contributed by atoms with Crippen molar-refractivity contribution in [3.05, 3.63) is 108 Å². The summed E-state index contributed by atoms with van der Waals surface area (Å²) in [7, 11) is 0. The van der Waals surface area contributed by atoms with Gasteiger partial charge in [-0.3, -0.25) is 0 Å². The molecule has 0 atom stereocenters. The Morgan fingerprint density at radius 2 is 0.960 bits per heavy atom. The summed E-state index contributed by atoms with van der Waals surface area (Å²) in [6, 6.07) is 29.6. The molecular weight excluding hydrogens is 302 g/mol. The lowest BCUT2D eigenvalue weighted by Gasteiger charge is -2.16. The second-order valence-corrected chi connectivity index (χ2v) is 6.32. The van der Waals surface area contributed by atoms with Crippen LogP contribution in [-0.4, -0.2) is 0 Å². The first-order chi connectivity index (χ1) is 12.4. The van der Waals surface area contributed by atoms with E-state index in [9.17, 15) is 0 Å². The standard InChI is InChI=1S/C24H21N/c1-3-7-19(8-4-1)20-11-13-21(14-12-20)22-15-17-24(18-16-22)25-23-9-5-2-6-10-23/h1-11,13,15-18,25H,12,14H2. The zero-order valence-corrected chi connectivity index (χ0v) is 14.2. The van der Waals surface area contributed by atoms with Crippen molar-refractivity contribution in [2.24, 2.45) is 0 Å². The maximum atomic E-state index is 3.43. The molecule has 0 aromatic heterocycles. The molecule has 0 bridgehead atoms. The Balaban J connectivity index is 1.49. The van der Waals surface area contributed by atoms with Gasteiger partial charge in [0, 0.05) is 11.4 Å². The molecule has 0 heterocycles. The number of benzene rings is 3. The molecule has 0 amide bonds. The molecule has 0 saturated carbocycles. The van der Waals surface area contributed by atoms with Crippen LogP contribution in [-0.2, 0) is 0 Å². The van der Waals surface area contributed by atoms with Gasteiger partial charge in [-0.05, 0) is 59.4 Å². The largest absolute Gasteiger partial charge is 0.356 e. The van der Waals surface area contributed by atoms with E-state index in [4.69, 9.17) is 0 Å². The number of rotatable bonds is 4. The Bertz CT molecular complexity index is 888. The lowest BCUT2D eigenvalue weighted by atomic mass is 9.90. The molecule has 4 rings (SSSR count). The Hall–Kier alpha value is -3.06. The van der Waals surface area contributed by atoms with E-state index < -0.39 is 0 Å². The highest BCUT2D eigenvalue weighted by Crippen LogP contribution is 2.32. The second-order valence-electron chi connectivity index (χ2n) is 6.32. The fourth-order valence-corrected chi connectivity index (χ4v) is 3.23. The van der Waals surface area contributed by atoms with Crippen LogP contribution >= 0.6 is 0 Å². The minimum Gasteiger partial charge on any atom is -0.356 e. The first-order valence-electron chi connectivity index (χ1n) is 8.76. The molecule has 0 fully saturated rings. The van der Waals surface area contributed by atoms with E-state index >= 15 is 0 Å². The molecule has 3 aromatic carbocycles. The van der Waals surface area contributed by atoms with E-state index in [2.05, 4.69) is 84.2 Å². The average molecular weight is 323 g/mol. The van der Waals surface area contributed by atoms with Gasteiger partial charge in [0.15, 0.2) is 0 Å². The van der Waals surface area contributed by atoms with Gasteiger partial charge in [-0.1, -0.05) is 72.8 Å². The molecular formula is C24H21N. The van der Waals surface area contributed by atoms with E-state index in [1.807, 2.05) is 18.2 Å². The predicted molar refractivity (Wildman–Crippen MR) is 108 cm³/mol. The van der Waals surface area contributed by atoms with Gasteiger partial charge in [0.25, 0.3) is 0 Å². The average Bonchev–Trinajstić information content (AvgIpc) is 2.70. The summed E-state index contributed by atoms with van der Waals surface area (Å²) in [6.07, 6.45) is 6.72. The molecule has 1 nitrogen and oxygen atoms in total. The van der Waals surface area contributed by atoms with Crippen molar-refractivity contribution in [1.29, 1.82) is 0 Å². The molecule has 1 N–H and O–H groups in total. The Labute approximate surface area is 149 Å². The maximum absolute atomic E-state index is 3.43. The normalized spacial score (nSPS) is 13.8. The molecule has 3 aromatic rings. The highest BCUT2D eigenvalue weighted by Gasteiger charge is 2.09. The van der Waals surface area contributed by atoms with E-state index in [0.717, 1.165) is 24.2 Å². The third-order valence-electron chi connectivity index (χ3n) is 4.61. The highest BCUT2D eigenvalue weighted by atomic mass is 14.9. The topological polar surface area (TPSA) is 12.0 Å². The van der Waals surface area contributed by atoms with Crippen LogP contribution in [0.4, 0.5) is 11.4 Å². The number of hydrogen-bond donors (Lipinski definition) is 1. The van der Waals surface area contributed by atoms with Crippen molar-refractivity contribution in [2.45, 2.75) is 12.8 Å². The van der Waals surface area contributed by atoms with E-state index in [0.29, 0.717) is 0 Å². The predicted octanol–water partition coefficient (Wildman–Crippen LogP) is 6.69. The van der Waals surface area contributed by atoms with Crippen molar-refractivity contribution >= 4 is 22.5 Å². The fourth-order valence-electron chi connectivity index (χ4n) is 3.23. The van der Waals surface area contributed by atoms with Crippen LogP contribution in [0.2, 0.25) is 0 Å². The van der Waals surface area contributed by atoms with Crippen LogP contribution < -0.4 is 5.32 Å². The minimum absolute atomic E-state index is 1.09. The van der Waals surface area contributed by atoms with Gasteiger partial charge >= 0.3 is 0 Å². The molecule has 25 heavy (non-hydrogen) atoms. The van der Waals surface area contributed by atoms with Crippen molar-refractivity contribution in [1.82, 2.24) is 0 Å². The summed E-state index contributed by atoms with van der Waals surface area (Å²) in [5.41, 5.74) is 7.70. The molecule has 122 valence electrons. The first kappa shape index (κ1) is 15.5. The second kappa shape index (κ2) is 7.23. The van der Waals surface area contributed by atoms with Crippen molar-refractivity contribution < 1.29 is 0 Å². The van der Waals surface area contributed by atoms with Crippen LogP contribution in [0.25, 0.3) is 11.1 Å². The number of hydrogen-bond acceptors (Lipinski definition) is 1. The van der Waals surface area contributed by atoms with Gasteiger partial charge in [-0.15, -0.1) is 0 Å². The quantitative estimate of drug-likeness (QED) is 0.564. The Morgan fingerprint density at radius 1 is 0.480 bits per heavy atom.